The molecule has 0 atom stereocenters. The van der Waals surface area contributed by atoms with Crippen molar-refractivity contribution in [1.82, 2.24) is 15.2 Å². The van der Waals surface area contributed by atoms with Crippen molar-refractivity contribution in [2.75, 3.05) is 0 Å². The standard InChI is InChI=1S/C18H21N3O/c1-14-4-2-5-15(10-14)13-21(17-7-8-17)18(22)20-12-16-6-3-9-19-11-16/h2-6,9-11,17H,7-8,12-13H2,1H3,(H,20,22). The highest BCUT2D eigenvalue weighted by molar-refractivity contribution is 5.75. The van der Waals surface area contributed by atoms with E-state index >= 15 is 0 Å². The summed E-state index contributed by atoms with van der Waals surface area (Å²) in [6.07, 6.45) is 5.72. The van der Waals surface area contributed by atoms with E-state index in [1.54, 1.807) is 12.4 Å². The second-order valence-corrected chi connectivity index (χ2v) is 5.87. The van der Waals surface area contributed by atoms with Gasteiger partial charge < -0.3 is 10.2 Å². The number of aromatic nitrogens is 1. The van der Waals surface area contributed by atoms with E-state index in [9.17, 15) is 4.79 Å². The van der Waals surface area contributed by atoms with Crippen LogP contribution in [0.25, 0.3) is 0 Å². The van der Waals surface area contributed by atoms with E-state index in [-0.39, 0.29) is 6.03 Å². The normalized spacial score (nSPS) is 13.7. The van der Waals surface area contributed by atoms with E-state index in [0.717, 1.165) is 18.4 Å². The van der Waals surface area contributed by atoms with Gasteiger partial charge >= 0.3 is 6.03 Å². The first-order valence-electron chi connectivity index (χ1n) is 7.71. The van der Waals surface area contributed by atoms with Crippen molar-refractivity contribution < 1.29 is 4.79 Å². The smallest absolute Gasteiger partial charge is 0.318 e. The van der Waals surface area contributed by atoms with Crippen LogP contribution in [0.2, 0.25) is 0 Å². The number of benzene rings is 1. The minimum Gasteiger partial charge on any atom is -0.334 e. The Balaban J connectivity index is 1.62. The monoisotopic (exact) mass is 295 g/mol. The van der Waals surface area contributed by atoms with Gasteiger partial charge in [0, 0.05) is 31.5 Å². The number of carbonyl (C=O) groups is 1. The molecule has 1 fully saturated rings. The molecule has 0 unspecified atom stereocenters. The molecule has 1 heterocycles. The fraction of sp³-hybridized carbons (Fsp3) is 0.333. The van der Waals surface area contributed by atoms with Crippen LogP contribution in [-0.2, 0) is 13.1 Å². The van der Waals surface area contributed by atoms with Gasteiger partial charge in [-0.2, -0.15) is 0 Å². The van der Waals surface area contributed by atoms with Crippen molar-refractivity contribution in [2.24, 2.45) is 0 Å². The SMILES string of the molecule is Cc1cccc(CN(C(=O)NCc2cccnc2)C2CC2)c1. The van der Waals surface area contributed by atoms with Gasteiger partial charge in [0.1, 0.15) is 0 Å². The predicted molar refractivity (Wildman–Crippen MR) is 86.2 cm³/mol. The Kier molecular flexibility index (Phi) is 4.37. The first kappa shape index (κ1) is 14.6. The highest BCUT2D eigenvalue weighted by atomic mass is 16.2. The Bertz CT molecular complexity index is 638. The van der Waals surface area contributed by atoms with Crippen molar-refractivity contribution in [3.05, 3.63) is 65.5 Å². The van der Waals surface area contributed by atoms with E-state index in [2.05, 4.69) is 35.4 Å². The number of amides is 2. The molecule has 0 radical (unpaired) electrons. The fourth-order valence-corrected chi connectivity index (χ4v) is 2.54. The molecule has 1 aromatic heterocycles. The van der Waals surface area contributed by atoms with Crippen LogP contribution in [0.5, 0.6) is 0 Å². The number of nitrogens with zero attached hydrogens (tertiary/aromatic N) is 2. The molecule has 1 aromatic carbocycles. The zero-order valence-corrected chi connectivity index (χ0v) is 12.8. The van der Waals surface area contributed by atoms with Gasteiger partial charge in [0.25, 0.3) is 0 Å². The molecule has 0 spiro atoms. The number of hydrogen-bond acceptors (Lipinski definition) is 2. The molecule has 2 aromatic rings. The van der Waals surface area contributed by atoms with E-state index in [0.29, 0.717) is 19.1 Å². The molecule has 1 aliphatic carbocycles. The van der Waals surface area contributed by atoms with Gasteiger partial charge in [0.15, 0.2) is 0 Å². The van der Waals surface area contributed by atoms with E-state index in [4.69, 9.17) is 0 Å². The van der Waals surface area contributed by atoms with Crippen LogP contribution < -0.4 is 5.32 Å². The third-order valence-electron chi connectivity index (χ3n) is 3.85. The molecule has 22 heavy (non-hydrogen) atoms. The molecule has 0 aliphatic heterocycles. The van der Waals surface area contributed by atoms with Crippen molar-refractivity contribution in [1.29, 1.82) is 0 Å². The summed E-state index contributed by atoms with van der Waals surface area (Å²) in [5, 5.41) is 3.00. The Morgan fingerprint density at radius 2 is 2.09 bits per heavy atom. The van der Waals surface area contributed by atoms with Crippen LogP contribution in [0.4, 0.5) is 4.79 Å². The molecular formula is C18H21N3O. The maximum Gasteiger partial charge on any atom is 0.318 e. The number of pyridine rings is 1. The van der Waals surface area contributed by atoms with E-state index in [1.807, 2.05) is 23.1 Å². The molecule has 1 saturated carbocycles. The van der Waals surface area contributed by atoms with Gasteiger partial charge in [-0.1, -0.05) is 35.9 Å². The molecule has 0 saturated heterocycles. The molecule has 114 valence electrons. The fourth-order valence-electron chi connectivity index (χ4n) is 2.54. The van der Waals surface area contributed by atoms with Crippen LogP contribution >= 0.6 is 0 Å². The number of aryl methyl sites for hydroxylation is 1. The Labute approximate surface area is 131 Å². The number of hydrogen-bond donors (Lipinski definition) is 1. The first-order valence-corrected chi connectivity index (χ1v) is 7.71. The quantitative estimate of drug-likeness (QED) is 0.920. The van der Waals surface area contributed by atoms with Crippen molar-refractivity contribution in [2.45, 2.75) is 38.9 Å². The average molecular weight is 295 g/mol. The average Bonchev–Trinajstić information content (AvgIpc) is 3.36. The molecule has 2 amide bonds. The molecule has 1 N–H and O–H groups in total. The summed E-state index contributed by atoms with van der Waals surface area (Å²) in [5.41, 5.74) is 3.43. The zero-order chi connectivity index (χ0) is 15.4. The lowest BCUT2D eigenvalue weighted by atomic mass is 10.1. The van der Waals surface area contributed by atoms with Gasteiger partial charge in [0.2, 0.25) is 0 Å². The van der Waals surface area contributed by atoms with Crippen LogP contribution in [0, 0.1) is 6.92 Å². The minimum absolute atomic E-state index is 0.00728. The maximum atomic E-state index is 12.5. The lowest BCUT2D eigenvalue weighted by molar-refractivity contribution is 0.191. The van der Waals surface area contributed by atoms with Crippen molar-refractivity contribution >= 4 is 6.03 Å². The Morgan fingerprint density at radius 1 is 1.27 bits per heavy atom. The third-order valence-corrected chi connectivity index (χ3v) is 3.85. The van der Waals surface area contributed by atoms with Crippen molar-refractivity contribution in [3.8, 4) is 0 Å². The largest absolute Gasteiger partial charge is 0.334 e. The molecule has 4 nitrogen and oxygen atoms in total. The summed E-state index contributed by atoms with van der Waals surface area (Å²) in [6.45, 7) is 3.27. The molecule has 0 bridgehead atoms. The van der Waals surface area contributed by atoms with Gasteiger partial charge in [-0.25, -0.2) is 4.79 Å². The van der Waals surface area contributed by atoms with Gasteiger partial charge in [-0.05, 0) is 37.0 Å². The van der Waals surface area contributed by atoms with E-state index in [1.165, 1.54) is 11.1 Å². The lowest BCUT2D eigenvalue weighted by Crippen LogP contribution is -2.40. The second kappa shape index (κ2) is 6.60. The zero-order valence-electron chi connectivity index (χ0n) is 12.8. The number of carbonyl (C=O) groups excluding carboxylic acids is 1. The summed E-state index contributed by atoms with van der Waals surface area (Å²) >= 11 is 0. The van der Waals surface area contributed by atoms with Crippen LogP contribution in [0.15, 0.2) is 48.8 Å². The summed E-state index contributed by atoms with van der Waals surface area (Å²) in [4.78, 5) is 18.5. The molecule has 3 rings (SSSR count). The highest BCUT2D eigenvalue weighted by Gasteiger charge is 2.32. The summed E-state index contributed by atoms with van der Waals surface area (Å²) in [6, 6.07) is 12.6. The molecule has 4 heteroatoms. The van der Waals surface area contributed by atoms with Crippen LogP contribution in [-0.4, -0.2) is 22.0 Å². The highest BCUT2D eigenvalue weighted by Crippen LogP contribution is 2.28. The number of nitrogens with one attached hydrogen (secondary N) is 1. The van der Waals surface area contributed by atoms with Gasteiger partial charge in [-0.15, -0.1) is 0 Å². The summed E-state index contributed by atoms with van der Waals surface area (Å²) in [5.74, 6) is 0. The first-order chi connectivity index (χ1) is 10.7. The number of rotatable bonds is 5. The van der Waals surface area contributed by atoms with Gasteiger partial charge in [-0.3, -0.25) is 4.98 Å². The Morgan fingerprint density at radius 3 is 2.77 bits per heavy atom. The summed E-state index contributed by atoms with van der Waals surface area (Å²) in [7, 11) is 0. The topological polar surface area (TPSA) is 45.2 Å². The number of urea groups is 1. The lowest BCUT2D eigenvalue weighted by Gasteiger charge is -2.23. The Hall–Kier alpha value is -2.36. The summed E-state index contributed by atoms with van der Waals surface area (Å²) < 4.78 is 0. The van der Waals surface area contributed by atoms with Crippen LogP contribution in [0.1, 0.15) is 29.5 Å². The van der Waals surface area contributed by atoms with E-state index < -0.39 is 0 Å². The van der Waals surface area contributed by atoms with Crippen molar-refractivity contribution in [3.63, 3.8) is 0 Å². The van der Waals surface area contributed by atoms with Crippen LogP contribution in [0.3, 0.4) is 0 Å². The maximum absolute atomic E-state index is 12.5. The molecule has 1 aliphatic rings. The molecular weight excluding hydrogens is 274 g/mol. The van der Waals surface area contributed by atoms with Gasteiger partial charge in [0.05, 0.1) is 0 Å². The second-order valence-electron chi connectivity index (χ2n) is 5.87. The predicted octanol–water partition coefficient (Wildman–Crippen LogP) is 3.26. The minimum atomic E-state index is 0.00728. The third kappa shape index (κ3) is 3.85.